The van der Waals surface area contributed by atoms with Gasteiger partial charge in [0.25, 0.3) is 0 Å². The molecule has 1 aromatic carbocycles. The van der Waals surface area contributed by atoms with Crippen LogP contribution in [0.2, 0.25) is 0 Å². The Kier molecular flexibility index (Phi) is 4.78. The third kappa shape index (κ3) is 4.76. The fourth-order valence-corrected chi connectivity index (χ4v) is 4.33. The molecule has 2 fully saturated rings. The number of rotatable bonds is 5. The number of aromatic nitrogens is 2. The van der Waals surface area contributed by atoms with Gasteiger partial charge < -0.3 is 14.5 Å². The summed E-state index contributed by atoms with van der Waals surface area (Å²) >= 11 is 0. The maximum atomic E-state index is 13.9. The van der Waals surface area contributed by atoms with Gasteiger partial charge in [0.15, 0.2) is 0 Å². The van der Waals surface area contributed by atoms with E-state index in [0.717, 1.165) is 12.1 Å². The number of carbonyl (C=O) groups excluding carboxylic acids is 1. The predicted molar refractivity (Wildman–Crippen MR) is 101 cm³/mol. The zero-order valence-corrected chi connectivity index (χ0v) is 16.9. The van der Waals surface area contributed by atoms with E-state index >= 15 is 0 Å². The van der Waals surface area contributed by atoms with Crippen LogP contribution in [0.15, 0.2) is 35.4 Å². The van der Waals surface area contributed by atoms with Crippen molar-refractivity contribution in [3.63, 3.8) is 0 Å². The molecule has 4 rings (SSSR count). The van der Waals surface area contributed by atoms with E-state index in [1.165, 1.54) is 0 Å². The third-order valence-corrected chi connectivity index (χ3v) is 6.63. The highest BCUT2D eigenvalue weighted by atomic mass is 32.5. The lowest BCUT2D eigenvalue weighted by Gasteiger charge is -2.41. The van der Waals surface area contributed by atoms with E-state index in [4.69, 9.17) is 4.74 Å². The maximum absolute atomic E-state index is 13.9. The van der Waals surface area contributed by atoms with Crippen molar-refractivity contribution in [1.82, 2.24) is 20.0 Å². The van der Waals surface area contributed by atoms with Gasteiger partial charge in [-0.3, -0.25) is 5.10 Å². The van der Waals surface area contributed by atoms with Crippen molar-refractivity contribution in [2.45, 2.75) is 29.9 Å². The van der Waals surface area contributed by atoms with E-state index in [-0.39, 0.29) is 49.3 Å². The van der Waals surface area contributed by atoms with Crippen LogP contribution in [0.5, 0.6) is 0 Å². The molecule has 2 aromatic rings. The van der Waals surface area contributed by atoms with Crippen LogP contribution >= 0.6 is 10.2 Å². The Balaban J connectivity index is 1.26. The molecule has 1 unspecified atom stereocenters. The maximum Gasteiger partial charge on any atom is 0.320 e. The minimum Gasteiger partial charge on any atom is -0.370 e. The van der Waals surface area contributed by atoms with Crippen LogP contribution in [0.1, 0.15) is 23.6 Å². The topological polar surface area (TPSA) is 61.5 Å². The first-order chi connectivity index (χ1) is 14.3. The van der Waals surface area contributed by atoms with Gasteiger partial charge in [0.2, 0.25) is 0 Å². The summed E-state index contributed by atoms with van der Waals surface area (Å²) in [6.45, 7) is 1.30. The molecule has 2 amide bonds. The normalized spacial score (nSPS) is 22.2. The summed E-state index contributed by atoms with van der Waals surface area (Å²) in [5, 5.41) is 6.81. The molecule has 0 spiro atoms. The number of H-pyrrole nitrogens is 1. The molecule has 6 nitrogen and oxygen atoms in total. The zero-order chi connectivity index (χ0) is 22.5. The number of urea groups is 1. The van der Waals surface area contributed by atoms with Gasteiger partial charge in [0.1, 0.15) is 10.7 Å². The smallest absolute Gasteiger partial charge is 0.320 e. The first kappa shape index (κ1) is 21.8. The molecule has 2 saturated heterocycles. The fourth-order valence-electron chi connectivity index (χ4n) is 3.67. The Labute approximate surface area is 173 Å². The number of hydrogen-bond acceptors (Lipinski definition) is 3. The van der Waals surface area contributed by atoms with E-state index < -0.39 is 27.0 Å². The average Bonchev–Trinajstić information content (AvgIpc) is 3.30. The third-order valence-electron chi connectivity index (χ3n) is 5.48. The highest BCUT2D eigenvalue weighted by molar-refractivity contribution is 8.45. The van der Waals surface area contributed by atoms with Gasteiger partial charge >= 0.3 is 16.3 Å². The molecule has 1 N–H and O–H groups in total. The Morgan fingerprint density at radius 2 is 1.87 bits per heavy atom. The highest BCUT2D eigenvalue weighted by Gasteiger charge is 2.65. The van der Waals surface area contributed by atoms with Crippen LogP contribution in [0, 0.1) is 5.82 Å². The standard InChI is InChI=1S/C18H20F6N4O2S/c19-16-7-15(31(20,21,22,23)24)2-1-13(16)11-30-14-9-28(10-14)18(29)27-6-4-12(8-27)17-3-5-25-26-17/h1-3,5,7,12,14H,4,6,8-11H2,(H,25,26). The number of amides is 2. The Bertz CT molecular complexity index is 980. The molecular formula is C18H20F6N4O2S. The first-order valence-electron chi connectivity index (χ1n) is 9.47. The summed E-state index contributed by atoms with van der Waals surface area (Å²) in [4.78, 5) is 13.6. The number of hydrogen-bond donors (Lipinski definition) is 1. The number of likely N-dealkylation sites (tertiary alicyclic amines) is 2. The van der Waals surface area contributed by atoms with E-state index in [1.807, 2.05) is 6.07 Å². The summed E-state index contributed by atoms with van der Waals surface area (Å²) in [7, 11) is -9.93. The lowest BCUT2D eigenvalue weighted by Crippen LogP contribution is -2.58. The van der Waals surface area contributed by atoms with Gasteiger partial charge in [-0.2, -0.15) is 5.10 Å². The predicted octanol–water partition coefficient (Wildman–Crippen LogP) is 5.02. The van der Waals surface area contributed by atoms with Crippen LogP contribution in [0.25, 0.3) is 0 Å². The number of nitrogens with zero attached hydrogens (tertiary/aromatic N) is 3. The quantitative estimate of drug-likeness (QED) is 0.625. The molecule has 0 saturated carbocycles. The van der Waals surface area contributed by atoms with Crippen molar-refractivity contribution in [2.75, 3.05) is 26.2 Å². The number of nitrogens with one attached hydrogen (secondary N) is 1. The second-order valence-electron chi connectivity index (χ2n) is 7.79. The van der Waals surface area contributed by atoms with Crippen molar-refractivity contribution in [3.05, 3.63) is 47.5 Å². The van der Waals surface area contributed by atoms with Crippen LogP contribution in [-0.2, 0) is 11.3 Å². The number of halogens is 6. The molecule has 3 heterocycles. The van der Waals surface area contributed by atoms with E-state index in [1.54, 1.807) is 16.0 Å². The van der Waals surface area contributed by atoms with Crippen LogP contribution < -0.4 is 0 Å². The Hall–Kier alpha value is -2.41. The lowest BCUT2D eigenvalue weighted by molar-refractivity contribution is -0.0494. The zero-order valence-electron chi connectivity index (χ0n) is 16.1. The van der Waals surface area contributed by atoms with Crippen LogP contribution in [0.4, 0.5) is 28.6 Å². The molecule has 0 radical (unpaired) electrons. The molecule has 172 valence electrons. The van der Waals surface area contributed by atoms with Crippen molar-refractivity contribution >= 4 is 16.3 Å². The number of benzene rings is 1. The summed E-state index contributed by atoms with van der Waals surface area (Å²) in [6, 6.07) is 2.32. The van der Waals surface area contributed by atoms with Crippen LogP contribution in [-0.4, -0.2) is 58.3 Å². The van der Waals surface area contributed by atoms with Gasteiger partial charge in [0, 0.05) is 36.5 Å². The summed E-state index contributed by atoms with van der Waals surface area (Å²) in [6.07, 6.45) is 2.06. The summed E-state index contributed by atoms with van der Waals surface area (Å²) in [5.41, 5.74) is 0.704. The highest BCUT2D eigenvalue weighted by Crippen LogP contribution is 3.02. The lowest BCUT2D eigenvalue weighted by atomic mass is 10.1. The second-order valence-corrected chi connectivity index (χ2v) is 10.2. The Morgan fingerprint density at radius 3 is 2.48 bits per heavy atom. The average molecular weight is 470 g/mol. The second kappa shape index (κ2) is 6.79. The van der Waals surface area contributed by atoms with E-state index in [2.05, 4.69) is 10.2 Å². The van der Waals surface area contributed by atoms with Crippen molar-refractivity contribution < 1.29 is 33.4 Å². The number of aromatic amines is 1. The molecule has 2 aliphatic rings. The van der Waals surface area contributed by atoms with Crippen molar-refractivity contribution in [1.29, 1.82) is 0 Å². The molecule has 13 heteroatoms. The molecular weight excluding hydrogens is 450 g/mol. The number of ether oxygens (including phenoxy) is 1. The summed E-state index contributed by atoms with van der Waals surface area (Å²) in [5.74, 6) is -1.23. The minimum atomic E-state index is -9.93. The number of carbonyl (C=O) groups is 1. The van der Waals surface area contributed by atoms with Gasteiger partial charge in [0.05, 0.1) is 25.8 Å². The largest absolute Gasteiger partial charge is 0.370 e. The molecule has 2 aliphatic heterocycles. The van der Waals surface area contributed by atoms with Gasteiger partial charge in [-0.15, -0.1) is 0 Å². The van der Waals surface area contributed by atoms with Gasteiger partial charge in [-0.05, 0) is 24.6 Å². The van der Waals surface area contributed by atoms with E-state index in [0.29, 0.717) is 19.2 Å². The van der Waals surface area contributed by atoms with Crippen LogP contribution in [0.3, 0.4) is 0 Å². The molecule has 1 atom stereocenters. The molecule has 0 bridgehead atoms. The SMILES string of the molecule is O=C(N1CC(OCc2ccc(S(F)(F)(F)(F)F)cc2F)C1)N1CCC(c2ccn[nH]2)C1. The monoisotopic (exact) mass is 470 g/mol. The van der Waals surface area contributed by atoms with Gasteiger partial charge in [-0.25, -0.2) is 9.18 Å². The molecule has 1 aromatic heterocycles. The van der Waals surface area contributed by atoms with Crippen molar-refractivity contribution in [2.24, 2.45) is 0 Å². The fraction of sp³-hybridized carbons (Fsp3) is 0.444. The van der Waals surface area contributed by atoms with Gasteiger partial charge in [-0.1, -0.05) is 25.5 Å². The Morgan fingerprint density at radius 1 is 1.13 bits per heavy atom. The van der Waals surface area contributed by atoms with Crippen molar-refractivity contribution in [3.8, 4) is 0 Å². The minimum absolute atomic E-state index is 0.145. The summed E-state index contributed by atoms with van der Waals surface area (Å²) < 4.78 is 83.0. The molecule has 31 heavy (non-hydrogen) atoms. The van der Waals surface area contributed by atoms with E-state index in [9.17, 15) is 28.6 Å². The molecule has 0 aliphatic carbocycles. The first-order valence-corrected chi connectivity index (χ1v) is 11.4.